The van der Waals surface area contributed by atoms with Crippen LogP contribution in [0.2, 0.25) is 0 Å². The minimum atomic E-state index is -0.138. The summed E-state index contributed by atoms with van der Waals surface area (Å²) in [5.74, 6) is 0.551. The fourth-order valence-electron chi connectivity index (χ4n) is 2.38. The lowest BCUT2D eigenvalue weighted by Crippen LogP contribution is -2.24. The Labute approximate surface area is 117 Å². The van der Waals surface area contributed by atoms with Gasteiger partial charge in [-0.25, -0.2) is 0 Å². The molecule has 0 saturated heterocycles. The van der Waals surface area contributed by atoms with E-state index < -0.39 is 0 Å². The van der Waals surface area contributed by atoms with Crippen LogP contribution < -0.4 is 16.0 Å². The smallest absolute Gasteiger partial charge is 0.258 e. The van der Waals surface area contributed by atoms with Crippen molar-refractivity contribution in [2.75, 3.05) is 29.0 Å². The number of amides is 1. The van der Waals surface area contributed by atoms with Crippen LogP contribution in [-0.4, -0.2) is 28.8 Å². The Kier molecular flexibility index (Phi) is 3.06. The van der Waals surface area contributed by atoms with Crippen molar-refractivity contribution in [3.05, 3.63) is 35.5 Å². The van der Waals surface area contributed by atoms with E-state index in [4.69, 9.17) is 0 Å². The van der Waals surface area contributed by atoms with Gasteiger partial charge in [-0.05, 0) is 19.1 Å². The van der Waals surface area contributed by atoms with E-state index in [-0.39, 0.29) is 5.91 Å². The van der Waals surface area contributed by atoms with Crippen LogP contribution in [0.5, 0.6) is 0 Å². The van der Waals surface area contributed by atoms with Crippen molar-refractivity contribution in [1.29, 1.82) is 0 Å². The molecular formula is C14H17N5O. The molecule has 1 aliphatic heterocycles. The van der Waals surface area contributed by atoms with E-state index in [9.17, 15) is 4.79 Å². The summed E-state index contributed by atoms with van der Waals surface area (Å²) in [6.07, 6.45) is 0. The molecule has 3 rings (SSSR count). The van der Waals surface area contributed by atoms with E-state index in [0.29, 0.717) is 11.4 Å². The number of hydrogen-bond donors (Lipinski definition) is 3. The average Bonchev–Trinajstić information content (AvgIpc) is 2.76. The normalized spacial score (nSPS) is 13.1. The standard InChI is InChI=1S/C14H17N5O/c1-9-8-12(19(2)18-9)17-14(20)10-4-3-5-11-13(10)16-7-6-15-11/h3-5,8,15-16H,6-7H2,1-2H3,(H,17,20). The van der Waals surface area contributed by atoms with E-state index in [0.717, 1.165) is 30.2 Å². The first-order valence-electron chi connectivity index (χ1n) is 6.58. The third-order valence-electron chi connectivity index (χ3n) is 3.29. The van der Waals surface area contributed by atoms with E-state index >= 15 is 0 Å². The van der Waals surface area contributed by atoms with Crippen molar-refractivity contribution in [2.45, 2.75) is 6.92 Å². The molecular weight excluding hydrogens is 254 g/mol. The summed E-state index contributed by atoms with van der Waals surface area (Å²) in [5.41, 5.74) is 3.33. The van der Waals surface area contributed by atoms with E-state index in [1.165, 1.54) is 0 Å². The van der Waals surface area contributed by atoms with Gasteiger partial charge in [0, 0.05) is 26.2 Å². The molecule has 0 atom stereocenters. The highest BCUT2D eigenvalue weighted by atomic mass is 16.1. The summed E-state index contributed by atoms with van der Waals surface area (Å²) in [6.45, 7) is 3.56. The van der Waals surface area contributed by atoms with Gasteiger partial charge in [0.25, 0.3) is 5.91 Å². The molecule has 104 valence electrons. The molecule has 6 heteroatoms. The van der Waals surface area contributed by atoms with Crippen LogP contribution in [-0.2, 0) is 7.05 Å². The summed E-state index contributed by atoms with van der Waals surface area (Å²) >= 11 is 0. The number of carbonyl (C=O) groups is 1. The highest BCUT2D eigenvalue weighted by Gasteiger charge is 2.18. The number of benzene rings is 1. The highest BCUT2D eigenvalue weighted by molar-refractivity contribution is 6.09. The molecule has 1 aromatic carbocycles. The van der Waals surface area contributed by atoms with Crippen molar-refractivity contribution in [3.8, 4) is 0 Å². The van der Waals surface area contributed by atoms with Gasteiger partial charge in [-0.1, -0.05) is 6.07 Å². The maximum absolute atomic E-state index is 12.4. The van der Waals surface area contributed by atoms with Crippen LogP contribution in [0.4, 0.5) is 17.2 Å². The van der Waals surface area contributed by atoms with Gasteiger partial charge < -0.3 is 16.0 Å². The lowest BCUT2D eigenvalue weighted by Gasteiger charge is -2.22. The van der Waals surface area contributed by atoms with Gasteiger partial charge in [0.1, 0.15) is 5.82 Å². The Morgan fingerprint density at radius 2 is 2.15 bits per heavy atom. The van der Waals surface area contributed by atoms with Crippen molar-refractivity contribution in [2.24, 2.45) is 7.05 Å². The summed E-state index contributed by atoms with van der Waals surface area (Å²) in [7, 11) is 1.81. The number of fused-ring (bicyclic) bond motifs is 1. The molecule has 0 spiro atoms. The number of anilines is 3. The predicted molar refractivity (Wildman–Crippen MR) is 79.3 cm³/mol. The molecule has 2 aromatic rings. The number of carbonyl (C=O) groups excluding carboxylic acids is 1. The molecule has 0 radical (unpaired) electrons. The molecule has 6 nitrogen and oxygen atoms in total. The topological polar surface area (TPSA) is 71.0 Å². The molecule has 1 aliphatic rings. The average molecular weight is 271 g/mol. The first-order valence-corrected chi connectivity index (χ1v) is 6.58. The summed E-state index contributed by atoms with van der Waals surface area (Å²) in [6, 6.07) is 7.51. The Morgan fingerprint density at radius 3 is 2.90 bits per heavy atom. The Balaban J connectivity index is 1.89. The summed E-state index contributed by atoms with van der Waals surface area (Å²) in [5, 5.41) is 13.7. The molecule has 0 saturated carbocycles. The molecule has 1 amide bonds. The lowest BCUT2D eigenvalue weighted by atomic mass is 10.1. The van der Waals surface area contributed by atoms with Gasteiger partial charge in [0.15, 0.2) is 0 Å². The van der Waals surface area contributed by atoms with Crippen LogP contribution in [0.1, 0.15) is 16.1 Å². The van der Waals surface area contributed by atoms with Crippen LogP contribution >= 0.6 is 0 Å². The monoisotopic (exact) mass is 271 g/mol. The van der Waals surface area contributed by atoms with Crippen LogP contribution in [0.15, 0.2) is 24.3 Å². The van der Waals surface area contributed by atoms with E-state index in [1.807, 2.05) is 38.2 Å². The quantitative estimate of drug-likeness (QED) is 0.779. The lowest BCUT2D eigenvalue weighted by molar-refractivity contribution is 0.102. The number of nitrogens with zero attached hydrogens (tertiary/aromatic N) is 2. The predicted octanol–water partition coefficient (Wildman–Crippen LogP) is 1.82. The number of rotatable bonds is 2. The molecule has 1 aromatic heterocycles. The number of hydrogen-bond acceptors (Lipinski definition) is 4. The minimum Gasteiger partial charge on any atom is -0.382 e. The third kappa shape index (κ3) is 2.20. The number of para-hydroxylation sites is 1. The molecule has 0 bridgehead atoms. The molecule has 0 fully saturated rings. The second kappa shape index (κ2) is 4.88. The van der Waals surface area contributed by atoms with Gasteiger partial charge in [-0.3, -0.25) is 9.48 Å². The van der Waals surface area contributed by atoms with E-state index in [2.05, 4.69) is 21.0 Å². The fraction of sp³-hybridized carbons (Fsp3) is 0.286. The van der Waals surface area contributed by atoms with Gasteiger partial charge >= 0.3 is 0 Å². The van der Waals surface area contributed by atoms with Gasteiger partial charge in [-0.15, -0.1) is 0 Å². The SMILES string of the molecule is Cc1cc(NC(=O)c2cccc3c2NCCN3)n(C)n1. The third-order valence-corrected chi connectivity index (χ3v) is 3.29. The Bertz CT molecular complexity index is 662. The zero-order valence-corrected chi connectivity index (χ0v) is 11.5. The Morgan fingerprint density at radius 1 is 1.35 bits per heavy atom. The molecule has 3 N–H and O–H groups in total. The zero-order chi connectivity index (χ0) is 14.1. The molecule has 0 unspecified atom stereocenters. The van der Waals surface area contributed by atoms with Crippen LogP contribution in [0.25, 0.3) is 0 Å². The van der Waals surface area contributed by atoms with Crippen LogP contribution in [0.3, 0.4) is 0 Å². The maximum atomic E-state index is 12.4. The zero-order valence-electron chi connectivity index (χ0n) is 11.5. The second-order valence-corrected chi connectivity index (χ2v) is 4.83. The van der Waals surface area contributed by atoms with Crippen LogP contribution in [0, 0.1) is 6.92 Å². The summed E-state index contributed by atoms with van der Waals surface area (Å²) < 4.78 is 1.66. The maximum Gasteiger partial charge on any atom is 0.258 e. The van der Waals surface area contributed by atoms with E-state index in [1.54, 1.807) is 4.68 Å². The molecule has 2 heterocycles. The number of aromatic nitrogens is 2. The molecule has 0 aliphatic carbocycles. The second-order valence-electron chi connectivity index (χ2n) is 4.83. The first-order chi connectivity index (χ1) is 9.65. The first kappa shape index (κ1) is 12.5. The molecule has 20 heavy (non-hydrogen) atoms. The number of aryl methyl sites for hydroxylation is 2. The van der Waals surface area contributed by atoms with Gasteiger partial charge in [0.2, 0.25) is 0 Å². The largest absolute Gasteiger partial charge is 0.382 e. The summed E-state index contributed by atoms with van der Waals surface area (Å²) in [4.78, 5) is 12.4. The fourth-order valence-corrected chi connectivity index (χ4v) is 2.38. The minimum absolute atomic E-state index is 0.138. The van der Waals surface area contributed by atoms with Crippen molar-refractivity contribution < 1.29 is 4.79 Å². The highest BCUT2D eigenvalue weighted by Crippen LogP contribution is 2.28. The Hall–Kier alpha value is -2.50. The van der Waals surface area contributed by atoms with Crippen molar-refractivity contribution in [1.82, 2.24) is 9.78 Å². The van der Waals surface area contributed by atoms with Crippen molar-refractivity contribution in [3.63, 3.8) is 0 Å². The van der Waals surface area contributed by atoms with Gasteiger partial charge in [0.05, 0.1) is 22.6 Å². The number of nitrogens with one attached hydrogen (secondary N) is 3. The van der Waals surface area contributed by atoms with Gasteiger partial charge in [-0.2, -0.15) is 5.10 Å². The van der Waals surface area contributed by atoms with Crippen molar-refractivity contribution >= 4 is 23.1 Å².